The lowest BCUT2D eigenvalue weighted by Crippen LogP contribution is -2.32. The predicted octanol–water partition coefficient (Wildman–Crippen LogP) is 6.42. The highest BCUT2D eigenvalue weighted by atomic mass is 16.5. The maximum atomic E-state index is 12.1. The first-order chi connectivity index (χ1) is 15.7. The fraction of sp³-hybridized carbons (Fsp3) is 0.500. The number of methoxy groups -OCH3 is 1. The minimum absolute atomic E-state index is 0.277. The lowest BCUT2D eigenvalue weighted by atomic mass is 10.1. The van der Waals surface area contributed by atoms with Gasteiger partial charge >= 0.3 is 6.03 Å². The number of urea groups is 1. The molecular weight excluding hydrogens is 404 g/mol. The van der Waals surface area contributed by atoms with Gasteiger partial charge in [-0.15, -0.1) is 0 Å². The van der Waals surface area contributed by atoms with Crippen LogP contribution in [0.5, 0.6) is 17.2 Å². The fourth-order valence-electron chi connectivity index (χ4n) is 3.30. The quantitative estimate of drug-likeness (QED) is 0.295. The SMILES string of the molecule is CCCCCCCCCCOc1ccc(NC(=O)NCCOc2ccccc2OC)cc1. The second-order valence-electron chi connectivity index (χ2n) is 7.73. The van der Waals surface area contributed by atoms with E-state index in [0.29, 0.717) is 30.3 Å². The van der Waals surface area contributed by atoms with Crippen LogP contribution in [0.4, 0.5) is 10.5 Å². The van der Waals surface area contributed by atoms with Gasteiger partial charge in [-0.25, -0.2) is 4.79 Å². The first-order valence-corrected chi connectivity index (χ1v) is 11.8. The Kier molecular flexibility index (Phi) is 12.6. The van der Waals surface area contributed by atoms with Crippen LogP contribution >= 0.6 is 0 Å². The summed E-state index contributed by atoms with van der Waals surface area (Å²) in [6.45, 7) is 3.70. The van der Waals surface area contributed by atoms with Crippen molar-refractivity contribution in [2.24, 2.45) is 0 Å². The molecule has 0 aliphatic rings. The molecule has 0 unspecified atom stereocenters. The molecule has 6 nitrogen and oxygen atoms in total. The van der Waals surface area contributed by atoms with Crippen LogP contribution in [0.25, 0.3) is 0 Å². The van der Waals surface area contributed by atoms with E-state index in [-0.39, 0.29) is 6.03 Å². The Morgan fingerprint density at radius 2 is 1.44 bits per heavy atom. The molecule has 0 saturated carbocycles. The van der Waals surface area contributed by atoms with Crippen molar-refractivity contribution in [3.63, 3.8) is 0 Å². The molecule has 2 aromatic carbocycles. The molecule has 2 amide bonds. The Morgan fingerprint density at radius 1 is 0.781 bits per heavy atom. The van der Waals surface area contributed by atoms with E-state index in [2.05, 4.69) is 17.6 Å². The van der Waals surface area contributed by atoms with E-state index >= 15 is 0 Å². The Bertz CT molecular complexity index is 765. The molecule has 0 bridgehead atoms. The molecule has 0 fully saturated rings. The Balaban J connectivity index is 1.55. The van der Waals surface area contributed by atoms with Crippen molar-refractivity contribution < 1.29 is 19.0 Å². The maximum absolute atomic E-state index is 12.1. The topological polar surface area (TPSA) is 68.8 Å². The van der Waals surface area contributed by atoms with E-state index in [1.807, 2.05) is 48.5 Å². The van der Waals surface area contributed by atoms with Crippen LogP contribution in [-0.2, 0) is 0 Å². The largest absolute Gasteiger partial charge is 0.494 e. The third kappa shape index (κ3) is 10.4. The van der Waals surface area contributed by atoms with E-state index in [9.17, 15) is 4.79 Å². The van der Waals surface area contributed by atoms with Gasteiger partial charge in [-0.2, -0.15) is 0 Å². The van der Waals surface area contributed by atoms with E-state index < -0.39 is 0 Å². The number of hydrogen-bond acceptors (Lipinski definition) is 4. The summed E-state index contributed by atoms with van der Waals surface area (Å²) in [6, 6.07) is 14.6. The Hall–Kier alpha value is -2.89. The summed E-state index contributed by atoms with van der Waals surface area (Å²) in [5.74, 6) is 2.14. The highest BCUT2D eigenvalue weighted by molar-refractivity contribution is 5.89. The predicted molar refractivity (Wildman–Crippen MR) is 130 cm³/mol. The van der Waals surface area contributed by atoms with Gasteiger partial charge in [-0.3, -0.25) is 0 Å². The van der Waals surface area contributed by atoms with Crippen molar-refractivity contribution in [1.82, 2.24) is 5.32 Å². The molecule has 176 valence electrons. The average Bonchev–Trinajstić information content (AvgIpc) is 2.82. The summed E-state index contributed by atoms with van der Waals surface area (Å²) in [5, 5.41) is 5.59. The number of carbonyl (C=O) groups is 1. The summed E-state index contributed by atoms with van der Waals surface area (Å²) in [6.07, 6.45) is 10.3. The smallest absolute Gasteiger partial charge is 0.319 e. The minimum Gasteiger partial charge on any atom is -0.494 e. The van der Waals surface area contributed by atoms with Crippen molar-refractivity contribution in [2.75, 3.05) is 32.2 Å². The normalized spacial score (nSPS) is 10.4. The first kappa shape index (κ1) is 25.4. The van der Waals surface area contributed by atoms with E-state index in [4.69, 9.17) is 14.2 Å². The number of ether oxygens (including phenoxy) is 3. The molecule has 6 heteroatoms. The second-order valence-corrected chi connectivity index (χ2v) is 7.73. The zero-order chi connectivity index (χ0) is 22.9. The molecule has 2 rings (SSSR count). The van der Waals surface area contributed by atoms with Gasteiger partial charge in [0.2, 0.25) is 0 Å². The van der Waals surface area contributed by atoms with Gasteiger partial charge in [-0.05, 0) is 42.8 Å². The number of rotatable bonds is 16. The van der Waals surface area contributed by atoms with Crippen molar-refractivity contribution >= 4 is 11.7 Å². The Labute approximate surface area is 192 Å². The first-order valence-electron chi connectivity index (χ1n) is 11.8. The van der Waals surface area contributed by atoms with Crippen LogP contribution < -0.4 is 24.8 Å². The third-order valence-electron chi connectivity index (χ3n) is 5.09. The summed E-state index contributed by atoms with van der Waals surface area (Å²) >= 11 is 0. The number of benzene rings is 2. The molecule has 0 radical (unpaired) electrons. The summed E-state index contributed by atoms with van der Waals surface area (Å²) in [5.41, 5.74) is 0.715. The highest BCUT2D eigenvalue weighted by Crippen LogP contribution is 2.25. The van der Waals surface area contributed by atoms with Crippen LogP contribution in [0.1, 0.15) is 58.3 Å². The standard InChI is InChI=1S/C26H38N2O4/c1-3-4-5-6-7-8-9-12-20-31-23-17-15-22(16-18-23)28-26(29)27-19-21-32-25-14-11-10-13-24(25)30-2/h10-11,13-18H,3-9,12,19-21H2,1-2H3,(H2,27,28,29). The van der Waals surface area contributed by atoms with E-state index in [0.717, 1.165) is 18.8 Å². The number of unbranched alkanes of at least 4 members (excludes halogenated alkanes) is 7. The molecule has 0 saturated heterocycles. The molecule has 2 aromatic rings. The molecular formula is C26H38N2O4. The van der Waals surface area contributed by atoms with Gasteiger partial charge in [0.1, 0.15) is 12.4 Å². The number of carbonyl (C=O) groups excluding carboxylic acids is 1. The fourth-order valence-corrected chi connectivity index (χ4v) is 3.30. The molecule has 0 heterocycles. The summed E-state index contributed by atoms with van der Waals surface area (Å²) in [4.78, 5) is 12.1. The van der Waals surface area contributed by atoms with Crippen LogP contribution in [0.3, 0.4) is 0 Å². The third-order valence-corrected chi connectivity index (χ3v) is 5.09. The van der Waals surface area contributed by atoms with Gasteiger partial charge in [0, 0.05) is 5.69 Å². The molecule has 0 aromatic heterocycles. The molecule has 0 spiro atoms. The van der Waals surface area contributed by atoms with E-state index in [1.54, 1.807) is 7.11 Å². The van der Waals surface area contributed by atoms with Crippen molar-refractivity contribution in [1.29, 1.82) is 0 Å². The highest BCUT2D eigenvalue weighted by Gasteiger charge is 2.04. The second kappa shape index (κ2) is 15.8. The van der Waals surface area contributed by atoms with Crippen molar-refractivity contribution in [3.05, 3.63) is 48.5 Å². The van der Waals surface area contributed by atoms with Gasteiger partial charge < -0.3 is 24.8 Å². The van der Waals surface area contributed by atoms with Crippen molar-refractivity contribution in [2.45, 2.75) is 58.3 Å². The summed E-state index contributed by atoms with van der Waals surface area (Å²) < 4.78 is 16.7. The lowest BCUT2D eigenvalue weighted by Gasteiger charge is -2.12. The van der Waals surface area contributed by atoms with Crippen LogP contribution in [-0.4, -0.2) is 32.9 Å². The van der Waals surface area contributed by atoms with Crippen molar-refractivity contribution in [3.8, 4) is 17.2 Å². The van der Waals surface area contributed by atoms with Gasteiger partial charge in [-0.1, -0.05) is 64.0 Å². The number of hydrogen-bond donors (Lipinski definition) is 2. The van der Waals surface area contributed by atoms with E-state index in [1.165, 1.54) is 44.9 Å². The molecule has 0 aliphatic heterocycles. The summed E-state index contributed by atoms with van der Waals surface area (Å²) in [7, 11) is 1.60. The van der Waals surface area contributed by atoms with Gasteiger partial charge in [0.15, 0.2) is 11.5 Å². The monoisotopic (exact) mass is 442 g/mol. The molecule has 0 atom stereocenters. The van der Waals surface area contributed by atoms with Crippen LogP contribution in [0, 0.1) is 0 Å². The molecule has 32 heavy (non-hydrogen) atoms. The molecule has 2 N–H and O–H groups in total. The Morgan fingerprint density at radius 3 is 2.12 bits per heavy atom. The zero-order valence-corrected chi connectivity index (χ0v) is 19.5. The minimum atomic E-state index is -0.277. The zero-order valence-electron chi connectivity index (χ0n) is 19.5. The maximum Gasteiger partial charge on any atom is 0.319 e. The number of anilines is 1. The molecule has 0 aliphatic carbocycles. The average molecular weight is 443 g/mol. The van der Waals surface area contributed by atoms with Gasteiger partial charge in [0.25, 0.3) is 0 Å². The number of para-hydroxylation sites is 2. The number of amides is 2. The van der Waals surface area contributed by atoms with Gasteiger partial charge in [0.05, 0.1) is 20.3 Å². The number of nitrogens with one attached hydrogen (secondary N) is 2. The lowest BCUT2D eigenvalue weighted by molar-refractivity contribution is 0.246. The van der Waals surface area contributed by atoms with Crippen LogP contribution in [0.2, 0.25) is 0 Å². The van der Waals surface area contributed by atoms with Crippen LogP contribution in [0.15, 0.2) is 48.5 Å².